The molecule has 9 heteroatoms. The molecule has 2 fully saturated rings. The molecule has 2 aromatic carbocycles. The molecule has 3 aliphatic carbocycles. The summed E-state index contributed by atoms with van der Waals surface area (Å²) >= 11 is 0. The summed E-state index contributed by atoms with van der Waals surface area (Å²) in [6, 6.07) is 11.7. The molecule has 0 spiro atoms. The molecule has 1 heterocycles. The third-order valence-electron chi connectivity index (χ3n) is 12.7. The number of benzene rings is 2. The van der Waals surface area contributed by atoms with Gasteiger partial charge in [-0.3, -0.25) is 4.79 Å². The van der Waals surface area contributed by atoms with Crippen LogP contribution in [0.15, 0.2) is 65.9 Å². The molecule has 0 aromatic heterocycles. The first-order valence-electron chi connectivity index (χ1n) is 20.4. The van der Waals surface area contributed by atoms with Crippen LogP contribution in [0, 0.1) is 37.5 Å². The quantitative estimate of drug-likeness (QED) is 0.0893. The molecule has 4 aliphatic rings. The van der Waals surface area contributed by atoms with Crippen LogP contribution in [0.25, 0.3) is 0 Å². The van der Waals surface area contributed by atoms with Gasteiger partial charge in [-0.1, -0.05) is 61.9 Å². The van der Waals surface area contributed by atoms with Gasteiger partial charge in [-0.15, -0.1) is 6.58 Å². The van der Waals surface area contributed by atoms with E-state index < -0.39 is 11.8 Å². The van der Waals surface area contributed by atoms with Crippen molar-refractivity contribution in [3.05, 3.63) is 77.4 Å². The Morgan fingerprint density at radius 1 is 1.00 bits per heavy atom. The highest BCUT2D eigenvalue weighted by Gasteiger charge is 2.65. The minimum Gasteiger partial charge on any atom is -0.459 e. The Labute approximate surface area is 322 Å². The number of amides is 1. The number of ether oxygens (including phenoxy) is 3. The lowest BCUT2D eigenvalue weighted by atomic mass is 9.55. The van der Waals surface area contributed by atoms with E-state index in [1.165, 1.54) is 31.2 Å². The van der Waals surface area contributed by atoms with Crippen LogP contribution in [-0.2, 0) is 14.4 Å². The summed E-state index contributed by atoms with van der Waals surface area (Å²) in [5, 5.41) is 24.3. The fourth-order valence-corrected chi connectivity index (χ4v) is 9.79. The minimum atomic E-state index is -1.23. The average molecular weight is 743 g/mol. The van der Waals surface area contributed by atoms with Crippen molar-refractivity contribution in [2.45, 2.75) is 115 Å². The van der Waals surface area contributed by atoms with Gasteiger partial charge < -0.3 is 34.2 Å². The summed E-state index contributed by atoms with van der Waals surface area (Å²) in [4.78, 5) is 21.6. The van der Waals surface area contributed by atoms with Crippen molar-refractivity contribution in [3.8, 4) is 17.2 Å². The first-order chi connectivity index (χ1) is 26.2. The van der Waals surface area contributed by atoms with Crippen molar-refractivity contribution >= 4 is 11.6 Å². The zero-order chi connectivity index (χ0) is 38.2. The van der Waals surface area contributed by atoms with Crippen molar-refractivity contribution in [1.29, 1.82) is 0 Å². The number of carbonyl (C=O) groups is 1. The fourth-order valence-electron chi connectivity index (χ4n) is 9.79. The van der Waals surface area contributed by atoms with Gasteiger partial charge in [0.1, 0.15) is 30.4 Å². The fraction of sp³-hybridized carbons (Fsp3) is 0.600. The number of fused-ring (bicyclic) bond motifs is 2. The predicted molar refractivity (Wildman–Crippen MR) is 212 cm³/mol. The first-order valence-corrected chi connectivity index (χ1v) is 20.4. The van der Waals surface area contributed by atoms with Gasteiger partial charge in [0.05, 0.1) is 18.2 Å². The molecule has 1 aliphatic heterocycles. The molecular weight excluding hydrogens is 681 g/mol. The summed E-state index contributed by atoms with van der Waals surface area (Å²) in [7, 11) is 3.47. The van der Waals surface area contributed by atoms with Gasteiger partial charge in [-0.25, -0.2) is 0 Å². The molecule has 1 amide bonds. The molecule has 2 saturated carbocycles. The van der Waals surface area contributed by atoms with Crippen molar-refractivity contribution in [3.63, 3.8) is 0 Å². The van der Waals surface area contributed by atoms with Gasteiger partial charge in [0.2, 0.25) is 11.7 Å². The van der Waals surface area contributed by atoms with E-state index in [1.54, 1.807) is 13.2 Å². The molecule has 294 valence electrons. The highest BCUT2D eigenvalue weighted by Crippen LogP contribution is 2.62. The van der Waals surface area contributed by atoms with E-state index in [9.17, 15) is 15.0 Å². The number of carbonyl (C=O) groups excluding carboxylic acids is 1. The second-order valence-electron chi connectivity index (χ2n) is 16.0. The van der Waals surface area contributed by atoms with Crippen molar-refractivity contribution < 1.29 is 34.1 Å². The lowest BCUT2D eigenvalue weighted by Gasteiger charge is -2.59. The number of allylic oxidation sites excluding steroid dienone is 1. The highest BCUT2D eigenvalue weighted by molar-refractivity contribution is 6.03. The van der Waals surface area contributed by atoms with E-state index in [0.29, 0.717) is 25.2 Å². The van der Waals surface area contributed by atoms with Crippen LogP contribution in [0.3, 0.4) is 0 Å². The Bertz CT molecular complexity index is 1660. The predicted octanol–water partition coefficient (Wildman–Crippen LogP) is 8.79. The first kappa shape index (κ1) is 40.0. The third-order valence-corrected chi connectivity index (χ3v) is 12.7. The second kappa shape index (κ2) is 18.3. The minimum absolute atomic E-state index is 0.0814. The molecule has 0 saturated heterocycles. The summed E-state index contributed by atoms with van der Waals surface area (Å²) < 4.78 is 20.8. The number of aryl methyl sites for hydroxylation is 2. The molecule has 0 unspecified atom stereocenters. The average Bonchev–Trinajstić information content (AvgIpc) is 3.70. The zero-order valence-corrected chi connectivity index (χ0v) is 32.9. The van der Waals surface area contributed by atoms with Crippen LogP contribution in [-0.4, -0.2) is 72.5 Å². The number of nitrogens with zero attached hydrogens (tertiary/aromatic N) is 2. The van der Waals surface area contributed by atoms with E-state index in [4.69, 9.17) is 19.0 Å². The summed E-state index contributed by atoms with van der Waals surface area (Å²) in [5.74, 6) is 1.57. The summed E-state index contributed by atoms with van der Waals surface area (Å²) in [5.41, 5.74) is 5.25. The van der Waals surface area contributed by atoms with Gasteiger partial charge >= 0.3 is 0 Å². The number of aliphatic hydroxyl groups is 2. The molecule has 6 rings (SSSR count). The molecule has 2 aromatic rings. The van der Waals surface area contributed by atoms with Crippen LogP contribution in [0.1, 0.15) is 106 Å². The molecule has 54 heavy (non-hydrogen) atoms. The van der Waals surface area contributed by atoms with Gasteiger partial charge in [-0.2, -0.15) is 0 Å². The maximum absolute atomic E-state index is 14.2. The van der Waals surface area contributed by atoms with E-state index in [-0.39, 0.29) is 49.4 Å². The van der Waals surface area contributed by atoms with E-state index in [2.05, 4.69) is 49.9 Å². The normalized spacial score (nSPS) is 26.7. The standard InChI is InChI=1S/C45H62N2O7/c1-6-25-52-45-41(47(4)42(50)22-18-32-13-7-8-14-32)29-39(46-51-5)37-27-33(15-9-11-23-48)36(16-10-12-24-49)43(44(37)45)38-28-35(20-21-40(38)54-45)53-34-19-17-30(2)31(3)26-34/h6,17,19-21,26-28,32-33,36,41,43-44,48-49H,1,7-16,18,22-25,29H2,2-5H3/t33-,36+,41-,43+,44+,45+/m0/s1. The van der Waals surface area contributed by atoms with Gasteiger partial charge in [0, 0.05) is 44.6 Å². The Balaban J connectivity index is 1.50. The van der Waals surface area contributed by atoms with Gasteiger partial charge in [0.25, 0.3) is 0 Å². The van der Waals surface area contributed by atoms with Crippen LogP contribution in [0.2, 0.25) is 0 Å². The van der Waals surface area contributed by atoms with E-state index >= 15 is 0 Å². The summed E-state index contributed by atoms with van der Waals surface area (Å²) in [6.45, 7) is 8.73. The molecule has 9 nitrogen and oxygen atoms in total. The summed E-state index contributed by atoms with van der Waals surface area (Å²) in [6.07, 6.45) is 15.8. The number of rotatable bonds is 18. The highest BCUT2D eigenvalue weighted by atomic mass is 16.7. The van der Waals surface area contributed by atoms with Crippen molar-refractivity contribution in [2.75, 3.05) is 34.0 Å². The topological polar surface area (TPSA) is 110 Å². The number of unbranched alkanes of at least 4 members (excludes halogenated alkanes) is 2. The molecule has 0 radical (unpaired) electrons. The maximum atomic E-state index is 14.2. The zero-order valence-electron chi connectivity index (χ0n) is 32.9. The number of oxime groups is 1. The third kappa shape index (κ3) is 8.43. The number of hydrogen-bond donors (Lipinski definition) is 2. The smallest absolute Gasteiger partial charge is 0.239 e. The van der Waals surface area contributed by atoms with Crippen LogP contribution < -0.4 is 9.47 Å². The maximum Gasteiger partial charge on any atom is 0.239 e. The molecule has 6 atom stereocenters. The van der Waals surface area contributed by atoms with Crippen LogP contribution in [0.5, 0.6) is 17.2 Å². The van der Waals surface area contributed by atoms with Gasteiger partial charge in [0.15, 0.2) is 0 Å². The molecule has 2 N–H and O–H groups in total. The lowest BCUT2D eigenvalue weighted by molar-refractivity contribution is -0.255. The van der Waals surface area contributed by atoms with Crippen LogP contribution >= 0.6 is 0 Å². The Hall–Kier alpha value is -3.66. The second-order valence-corrected chi connectivity index (χ2v) is 16.0. The van der Waals surface area contributed by atoms with E-state index in [0.717, 1.165) is 78.2 Å². The Morgan fingerprint density at radius 2 is 1.72 bits per heavy atom. The molecule has 0 bridgehead atoms. The monoisotopic (exact) mass is 742 g/mol. The molecular formula is C45H62N2O7. The largest absolute Gasteiger partial charge is 0.459 e. The number of likely N-dealkylation sites (N-methyl/N-ethyl adjacent to an activating group) is 1. The van der Waals surface area contributed by atoms with E-state index in [1.807, 2.05) is 30.1 Å². The van der Waals surface area contributed by atoms with Gasteiger partial charge in [-0.05, 0) is 111 Å². The van der Waals surface area contributed by atoms with Crippen LogP contribution in [0.4, 0.5) is 0 Å². The van der Waals surface area contributed by atoms with Crippen molar-refractivity contribution in [1.82, 2.24) is 4.90 Å². The van der Waals surface area contributed by atoms with Crippen molar-refractivity contribution in [2.24, 2.45) is 28.8 Å². The lowest BCUT2D eigenvalue weighted by Crippen LogP contribution is -2.69. The SMILES string of the molecule is C=CCO[C@@]12Oc3ccc(Oc4ccc(C)c(C)c4)cc3[C@H]3[C@H](CCCCO)[C@@H](CCCCO)C=C(C(=NOC)C[C@@H]1N(C)C(=O)CCC1CCCC1)[C@H]32. The number of aliphatic hydroxyl groups excluding tert-OH is 2. The Kier molecular flexibility index (Phi) is 13.6. The Morgan fingerprint density at radius 3 is 2.43 bits per heavy atom. The number of hydrogen-bond acceptors (Lipinski definition) is 8.